The first-order valence-electron chi connectivity index (χ1n) is 7.66. The fraction of sp³-hybridized carbons (Fsp3) is 0.278. The SMILES string of the molecule is COc1cc(CNC(=O)COc2cc(C)ccc2Cl)ccc1OC(F)F. The van der Waals surface area contributed by atoms with Crippen molar-refractivity contribution < 1.29 is 27.8 Å². The first kappa shape index (κ1) is 19.8. The Morgan fingerprint density at radius 2 is 1.92 bits per heavy atom. The summed E-state index contributed by atoms with van der Waals surface area (Å²) in [5.41, 5.74) is 1.62. The molecule has 0 aliphatic rings. The van der Waals surface area contributed by atoms with Gasteiger partial charge in [0, 0.05) is 6.54 Å². The van der Waals surface area contributed by atoms with Crippen LogP contribution in [0.2, 0.25) is 5.02 Å². The summed E-state index contributed by atoms with van der Waals surface area (Å²) in [6.07, 6.45) is 0. The first-order valence-corrected chi connectivity index (χ1v) is 8.04. The van der Waals surface area contributed by atoms with Gasteiger partial charge in [0.25, 0.3) is 5.91 Å². The Labute approximate surface area is 154 Å². The largest absolute Gasteiger partial charge is 0.493 e. The second-order valence-electron chi connectivity index (χ2n) is 5.36. The van der Waals surface area contributed by atoms with Crippen LogP contribution in [0.1, 0.15) is 11.1 Å². The molecule has 0 bridgehead atoms. The molecule has 140 valence electrons. The lowest BCUT2D eigenvalue weighted by Crippen LogP contribution is -2.28. The van der Waals surface area contributed by atoms with Crippen molar-refractivity contribution in [2.75, 3.05) is 13.7 Å². The number of rotatable bonds is 8. The van der Waals surface area contributed by atoms with Crippen LogP contribution >= 0.6 is 11.6 Å². The van der Waals surface area contributed by atoms with Gasteiger partial charge in [0.15, 0.2) is 18.1 Å². The van der Waals surface area contributed by atoms with Gasteiger partial charge in [-0.05, 0) is 42.3 Å². The van der Waals surface area contributed by atoms with E-state index in [1.54, 1.807) is 18.2 Å². The van der Waals surface area contributed by atoms with E-state index >= 15 is 0 Å². The standard InChI is InChI=1S/C18H18ClF2NO4/c1-11-3-5-13(19)15(7-11)25-10-17(23)22-9-12-4-6-14(26-18(20)21)16(8-12)24-2/h3-8,18H,9-10H2,1-2H3,(H,22,23). The lowest BCUT2D eigenvalue weighted by atomic mass is 10.2. The lowest BCUT2D eigenvalue weighted by molar-refractivity contribution is -0.123. The first-order chi connectivity index (χ1) is 12.4. The minimum Gasteiger partial charge on any atom is -0.493 e. The molecule has 2 rings (SSSR count). The average molecular weight is 386 g/mol. The molecule has 26 heavy (non-hydrogen) atoms. The monoisotopic (exact) mass is 385 g/mol. The molecule has 0 saturated heterocycles. The Kier molecular flexibility index (Phi) is 7.03. The van der Waals surface area contributed by atoms with E-state index in [9.17, 15) is 13.6 Å². The van der Waals surface area contributed by atoms with E-state index in [0.717, 1.165) is 5.56 Å². The molecule has 0 aliphatic heterocycles. The van der Waals surface area contributed by atoms with E-state index in [0.29, 0.717) is 16.3 Å². The minimum atomic E-state index is -2.94. The van der Waals surface area contributed by atoms with E-state index in [1.807, 2.05) is 13.0 Å². The van der Waals surface area contributed by atoms with Gasteiger partial charge in [-0.3, -0.25) is 4.79 Å². The molecule has 5 nitrogen and oxygen atoms in total. The second kappa shape index (κ2) is 9.24. The number of halogens is 3. The topological polar surface area (TPSA) is 56.8 Å². The number of alkyl halides is 2. The van der Waals surface area contributed by atoms with Gasteiger partial charge in [-0.25, -0.2) is 0 Å². The Bertz CT molecular complexity index is 771. The maximum atomic E-state index is 12.3. The second-order valence-corrected chi connectivity index (χ2v) is 5.77. The summed E-state index contributed by atoms with van der Waals surface area (Å²) in [6, 6.07) is 9.69. The van der Waals surface area contributed by atoms with Crippen molar-refractivity contribution >= 4 is 17.5 Å². The summed E-state index contributed by atoms with van der Waals surface area (Å²) < 4.78 is 39.4. The fourth-order valence-corrected chi connectivity index (χ4v) is 2.30. The molecular weight excluding hydrogens is 368 g/mol. The number of hydrogen-bond acceptors (Lipinski definition) is 4. The normalized spacial score (nSPS) is 10.5. The van der Waals surface area contributed by atoms with Crippen LogP contribution in [0.5, 0.6) is 17.2 Å². The molecule has 1 N–H and O–H groups in total. The summed E-state index contributed by atoms with van der Waals surface area (Å²) in [6.45, 7) is -1.08. The average Bonchev–Trinajstić information content (AvgIpc) is 2.61. The molecule has 0 atom stereocenters. The van der Waals surface area contributed by atoms with E-state index in [4.69, 9.17) is 21.1 Å². The van der Waals surface area contributed by atoms with E-state index in [-0.39, 0.29) is 30.6 Å². The van der Waals surface area contributed by atoms with E-state index in [2.05, 4.69) is 10.1 Å². The van der Waals surface area contributed by atoms with Gasteiger partial charge in [-0.1, -0.05) is 23.7 Å². The Balaban J connectivity index is 1.89. The molecule has 2 aromatic rings. The van der Waals surface area contributed by atoms with Gasteiger partial charge in [0.05, 0.1) is 12.1 Å². The third-order valence-electron chi connectivity index (χ3n) is 3.38. The predicted octanol–water partition coefficient (Wildman–Crippen LogP) is 3.95. The zero-order valence-electron chi connectivity index (χ0n) is 14.2. The van der Waals surface area contributed by atoms with Crippen LogP contribution < -0.4 is 19.5 Å². The Morgan fingerprint density at radius 3 is 2.62 bits per heavy atom. The molecule has 0 heterocycles. The molecule has 8 heteroatoms. The molecule has 0 radical (unpaired) electrons. The summed E-state index contributed by atoms with van der Waals surface area (Å²) in [4.78, 5) is 11.9. The number of aryl methyl sites for hydroxylation is 1. The Morgan fingerprint density at radius 1 is 1.15 bits per heavy atom. The lowest BCUT2D eigenvalue weighted by Gasteiger charge is -2.12. The maximum Gasteiger partial charge on any atom is 0.387 e. The van der Waals surface area contributed by atoms with Crippen LogP contribution in [-0.2, 0) is 11.3 Å². The molecule has 0 spiro atoms. The van der Waals surface area contributed by atoms with Crippen LogP contribution in [0, 0.1) is 6.92 Å². The van der Waals surface area contributed by atoms with E-state index in [1.165, 1.54) is 19.2 Å². The van der Waals surface area contributed by atoms with Gasteiger partial charge >= 0.3 is 6.61 Å². The molecule has 0 aliphatic carbocycles. The summed E-state index contributed by atoms with van der Waals surface area (Å²) in [5.74, 6) is 0.154. The number of ether oxygens (including phenoxy) is 3. The van der Waals surface area contributed by atoms with Crippen molar-refractivity contribution in [1.29, 1.82) is 0 Å². The van der Waals surface area contributed by atoms with Crippen LogP contribution in [0.4, 0.5) is 8.78 Å². The third kappa shape index (κ3) is 5.77. The predicted molar refractivity (Wildman–Crippen MR) is 93.2 cm³/mol. The molecule has 1 amide bonds. The molecule has 0 aromatic heterocycles. The van der Waals surface area contributed by atoms with Crippen molar-refractivity contribution in [3.63, 3.8) is 0 Å². The van der Waals surface area contributed by atoms with Gasteiger partial charge in [0.1, 0.15) is 5.75 Å². The van der Waals surface area contributed by atoms with Gasteiger partial charge in [-0.15, -0.1) is 0 Å². The van der Waals surface area contributed by atoms with Crippen molar-refractivity contribution in [1.82, 2.24) is 5.32 Å². The number of hydrogen-bond donors (Lipinski definition) is 1. The fourth-order valence-electron chi connectivity index (χ4n) is 2.13. The number of carbonyl (C=O) groups is 1. The highest BCUT2D eigenvalue weighted by Crippen LogP contribution is 2.29. The number of amides is 1. The molecule has 0 unspecified atom stereocenters. The van der Waals surface area contributed by atoms with Crippen molar-refractivity contribution in [3.05, 3.63) is 52.5 Å². The van der Waals surface area contributed by atoms with Crippen molar-refractivity contribution in [2.24, 2.45) is 0 Å². The highest BCUT2D eigenvalue weighted by molar-refractivity contribution is 6.32. The molecular formula is C18H18ClF2NO4. The van der Waals surface area contributed by atoms with Gasteiger partial charge < -0.3 is 19.5 Å². The van der Waals surface area contributed by atoms with Crippen LogP contribution in [-0.4, -0.2) is 26.2 Å². The Hall–Kier alpha value is -2.54. The highest BCUT2D eigenvalue weighted by atomic mass is 35.5. The zero-order chi connectivity index (χ0) is 19.1. The maximum absolute atomic E-state index is 12.3. The number of benzene rings is 2. The number of carbonyl (C=O) groups excluding carboxylic acids is 1. The van der Waals surface area contributed by atoms with Crippen molar-refractivity contribution in [2.45, 2.75) is 20.1 Å². The zero-order valence-corrected chi connectivity index (χ0v) is 15.0. The number of nitrogens with one attached hydrogen (secondary N) is 1. The number of methoxy groups -OCH3 is 1. The quantitative estimate of drug-likeness (QED) is 0.747. The minimum absolute atomic E-state index is 0.0741. The molecule has 0 fully saturated rings. The van der Waals surface area contributed by atoms with Crippen LogP contribution in [0.25, 0.3) is 0 Å². The van der Waals surface area contributed by atoms with Gasteiger partial charge in [-0.2, -0.15) is 8.78 Å². The summed E-state index contributed by atoms with van der Waals surface area (Å²) in [7, 11) is 1.34. The van der Waals surface area contributed by atoms with Gasteiger partial charge in [0.2, 0.25) is 0 Å². The van der Waals surface area contributed by atoms with Crippen LogP contribution in [0.15, 0.2) is 36.4 Å². The smallest absolute Gasteiger partial charge is 0.387 e. The summed E-state index contributed by atoms with van der Waals surface area (Å²) in [5, 5.41) is 3.08. The van der Waals surface area contributed by atoms with Crippen LogP contribution in [0.3, 0.4) is 0 Å². The third-order valence-corrected chi connectivity index (χ3v) is 3.69. The van der Waals surface area contributed by atoms with Crippen molar-refractivity contribution in [3.8, 4) is 17.2 Å². The van der Waals surface area contributed by atoms with E-state index < -0.39 is 6.61 Å². The molecule has 0 saturated carbocycles. The highest BCUT2D eigenvalue weighted by Gasteiger charge is 2.12. The molecule has 2 aromatic carbocycles. The summed E-state index contributed by atoms with van der Waals surface area (Å²) >= 11 is 6.00.